The zero-order chi connectivity index (χ0) is 10.9. The molecule has 0 radical (unpaired) electrons. The van der Waals surface area contributed by atoms with E-state index in [1.165, 1.54) is 14.0 Å². The highest BCUT2D eigenvalue weighted by Crippen LogP contribution is 2.29. The van der Waals surface area contributed by atoms with Crippen LogP contribution in [-0.2, 0) is 0 Å². The molecule has 0 unspecified atom stereocenters. The molecule has 0 heterocycles. The number of benzene rings is 1. The molecule has 0 saturated heterocycles. The molecular formula is C8H7F4NS. The SMILES string of the molecule is CNSc1c(C)c(F)c(F)c(F)c1F. The maximum Gasteiger partial charge on any atom is 0.198 e. The van der Waals surface area contributed by atoms with Gasteiger partial charge in [0, 0.05) is 5.56 Å². The van der Waals surface area contributed by atoms with Crippen LogP contribution in [0, 0.1) is 30.2 Å². The first-order valence-corrected chi connectivity index (χ1v) is 4.48. The van der Waals surface area contributed by atoms with Crippen LogP contribution in [0.2, 0.25) is 0 Å². The van der Waals surface area contributed by atoms with Gasteiger partial charge in [-0.2, -0.15) is 0 Å². The van der Waals surface area contributed by atoms with Gasteiger partial charge in [-0.15, -0.1) is 0 Å². The summed E-state index contributed by atoms with van der Waals surface area (Å²) in [6.45, 7) is 1.18. The van der Waals surface area contributed by atoms with Crippen molar-refractivity contribution in [2.75, 3.05) is 7.05 Å². The first kappa shape index (κ1) is 11.3. The highest BCUT2D eigenvalue weighted by Gasteiger charge is 2.22. The summed E-state index contributed by atoms with van der Waals surface area (Å²) < 4.78 is 53.8. The second kappa shape index (κ2) is 4.18. The van der Waals surface area contributed by atoms with Crippen molar-refractivity contribution >= 4 is 11.9 Å². The van der Waals surface area contributed by atoms with E-state index in [0.717, 1.165) is 0 Å². The topological polar surface area (TPSA) is 12.0 Å². The minimum absolute atomic E-state index is 0.249. The number of halogens is 4. The molecule has 1 rings (SSSR count). The van der Waals surface area contributed by atoms with E-state index in [1.54, 1.807) is 0 Å². The molecule has 0 atom stereocenters. The van der Waals surface area contributed by atoms with Crippen LogP contribution in [-0.4, -0.2) is 7.05 Å². The number of hydrogen-bond acceptors (Lipinski definition) is 2. The van der Waals surface area contributed by atoms with E-state index in [4.69, 9.17) is 0 Å². The van der Waals surface area contributed by atoms with E-state index in [-0.39, 0.29) is 10.5 Å². The van der Waals surface area contributed by atoms with E-state index in [0.29, 0.717) is 11.9 Å². The Morgan fingerprint density at radius 1 is 0.929 bits per heavy atom. The fourth-order valence-corrected chi connectivity index (χ4v) is 1.57. The molecule has 78 valence electrons. The first-order valence-electron chi connectivity index (χ1n) is 3.66. The van der Waals surface area contributed by atoms with Crippen molar-refractivity contribution in [2.24, 2.45) is 0 Å². The second-order valence-corrected chi connectivity index (χ2v) is 3.54. The quantitative estimate of drug-likeness (QED) is 0.359. The Morgan fingerprint density at radius 3 is 1.93 bits per heavy atom. The van der Waals surface area contributed by atoms with Crippen LogP contribution < -0.4 is 4.72 Å². The number of rotatable bonds is 2. The lowest BCUT2D eigenvalue weighted by Crippen LogP contribution is -2.04. The summed E-state index contributed by atoms with van der Waals surface area (Å²) >= 11 is 0.694. The van der Waals surface area contributed by atoms with E-state index in [2.05, 4.69) is 4.72 Å². The van der Waals surface area contributed by atoms with Crippen LogP contribution in [0.15, 0.2) is 4.90 Å². The third-order valence-electron chi connectivity index (χ3n) is 1.65. The van der Waals surface area contributed by atoms with Gasteiger partial charge < -0.3 is 0 Å². The molecule has 14 heavy (non-hydrogen) atoms. The van der Waals surface area contributed by atoms with Gasteiger partial charge in [0.1, 0.15) is 0 Å². The van der Waals surface area contributed by atoms with Crippen LogP contribution >= 0.6 is 11.9 Å². The molecule has 0 saturated carbocycles. The predicted molar refractivity (Wildman–Crippen MR) is 45.9 cm³/mol. The molecule has 0 amide bonds. The molecule has 0 aromatic heterocycles. The fraction of sp³-hybridized carbons (Fsp3) is 0.250. The lowest BCUT2D eigenvalue weighted by molar-refractivity contribution is 0.394. The number of nitrogens with one attached hydrogen (secondary N) is 1. The lowest BCUT2D eigenvalue weighted by atomic mass is 10.2. The second-order valence-electron chi connectivity index (χ2n) is 2.52. The lowest BCUT2D eigenvalue weighted by Gasteiger charge is -2.08. The summed E-state index contributed by atoms with van der Waals surface area (Å²) in [4.78, 5) is -0.274. The average molecular weight is 225 g/mol. The maximum absolute atomic E-state index is 13.0. The van der Waals surface area contributed by atoms with Crippen LogP contribution in [0.25, 0.3) is 0 Å². The van der Waals surface area contributed by atoms with Gasteiger partial charge in [-0.05, 0) is 25.9 Å². The van der Waals surface area contributed by atoms with Crippen molar-refractivity contribution in [1.29, 1.82) is 0 Å². The van der Waals surface area contributed by atoms with Crippen LogP contribution in [0.4, 0.5) is 17.6 Å². The molecule has 1 N–H and O–H groups in total. The summed E-state index contributed by atoms with van der Waals surface area (Å²) in [6.07, 6.45) is 0. The molecule has 1 aromatic carbocycles. The van der Waals surface area contributed by atoms with E-state index < -0.39 is 23.3 Å². The van der Waals surface area contributed by atoms with Gasteiger partial charge in [0.25, 0.3) is 0 Å². The van der Waals surface area contributed by atoms with Gasteiger partial charge in [-0.1, -0.05) is 0 Å². The minimum Gasteiger partial charge on any atom is -0.263 e. The van der Waals surface area contributed by atoms with Gasteiger partial charge in [-0.3, -0.25) is 4.72 Å². The van der Waals surface area contributed by atoms with Gasteiger partial charge in [0.05, 0.1) is 4.90 Å². The zero-order valence-electron chi connectivity index (χ0n) is 7.42. The van der Waals surface area contributed by atoms with Crippen molar-refractivity contribution in [3.05, 3.63) is 28.8 Å². The molecule has 1 aromatic rings. The Balaban J connectivity index is 3.43. The van der Waals surface area contributed by atoms with Crippen molar-refractivity contribution in [1.82, 2.24) is 4.72 Å². The summed E-state index contributed by atoms with van der Waals surface area (Å²) in [7, 11) is 1.46. The van der Waals surface area contributed by atoms with Gasteiger partial charge >= 0.3 is 0 Å². The summed E-state index contributed by atoms with van der Waals surface area (Å²) in [5, 5.41) is 0. The zero-order valence-corrected chi connectivity index (χ0v) is 8.24. The van der Waals surface area contributed by atoms with Gasteiger partial charge in [0.15, 0.2) is 23.3 Å². The van der Waals surface area contributed by atoms with Gasteiger partial charge in [0.2, 0.25) is 0 Å². The molecule has 0 aliphatic rings. The standard InChI is InChI=1S/C8H7F4NS/c1-3-4(9)5(10)6(11)7(12)8(3)14-13-2/h13H,1-2H3. The van der Waals surface area contributed by atoms with E-state index >= 15 is 0 Å². The monoisotopic (exact) mass is 225 g/mol. The molecule has 6 heteroatoms. The normalized spacial score (nSPS) is 10.7. The smallest absolute Gasteiger partial charge is 0.198 e. The first-order chi connectivity index (χ1) is 6.50. The van der Waals surface area contributed by atoms with Gasteiger partial charge in [-0.25, -0.2) is 17.6 Å². The summed E-state index contributed by atoms with van der Waals surface area (Å²) in [5.74, 6) is -6.30. The Labute approximate surface area is 82.6 Å². The minimum atomic E-state index is -1.79. The summed E-state index contributed by atoms with van der Waals surface area (Å²) in [5.41, 5.74) is -0.249. The van der Waals surface area contributed by atoms with Crippen molar-refractivity contribution in [2.45, 2.75) is 11.8 Å². The van der Waals surface area contributed by atoms with Crippen LogP contribution in [0.1, 0.15) is 5.56 Å². The summed E-state index contributed by atoms with van der Waals surface area (Å²) in [6, 6.07) is 0. The average Bonchev–Trinajstić information content (AvgIpc) is 2.19. The Morgan fingerprint density at radius 2 is 1.43 bits per heavy atom. The third-order valence-corrected chi connectivity index (χ3v) is 2.55. The molecule has 0 spiro atoms. The molecule has 1 nitrogen and oxygen atoms in total. The van der Waals surface area contributed by atoms with Crippen molar-refractivity contribution in [3.8, 4) is 0 Å². The van der Waals surface area contributed by atoms with Crippen LogP contribution in [0.5, 0.6) is 0 Å². The van der Waals surface area contributed by atoms with E-state index in [9.17, 15) is 17.6 Å². The van der Waals surface area contributed by atoms with Crippen LogP contribution in [0.3, 0.4) is 0 Å². The van der Waals surface area contributed by atoms with Crippen molar-refractivity contribution in [3.63, 3.8) is 0 Å². The predicted octanol–water partition coefficient (Wildman–Crippen LogP) is 2.78. The molecule has 0 bridgehead atoms. The Bertz CT molecular complexity index is 338. The number of hydrogen-bond donors (Lipinski definition) is 1. The van der Waals surface area contributed by atoms with Crippen molar-refractivity contribution < 1.29 is 17.6 Å². The van der Waals surface area contributed by atoms with E-state index in [1.807, 2.05) is 0 Å². The Kier molecular flexibility index (Phi) is 3.38. The third kappa shape index (κ3) is 1.72. The molecule has 0 fully saturated rings. The molecule has 0 aliphatic heterocycles. The maximum atomic E-state index is 13.0. The largest absolute Gasteiger partial charge is 0.263 e. The highest BCUT2D eigenvalue weighted by molar-refractivity contribution is 7.97. The fourth-order valence-electron chi connectivity index (χ4n) is 0.945. The molecule has 0 aliphatic carbocycles. The molecular weight excluding hydrogens is 218 g/mol. The Hall–Kier alpha value is -0.750. The highest BCUT2D eigenvalue weighted by atomic mass is 32.2.